The molecule has 12 heteroatoms. The number of rotatable bonds is 8. The highest BCUT2D eigenvalue weighted by atomic mass is 35.5. The van der Waals surface area contributed by atoms with E-state index in [0.717, 1.165) is 5.56 Å². The number of hydrogen-bond donors (Lipinski definition) is 3. The quantitative estimate of drug-likeness (QED) is 0.267. The minimum atomic E-state index is -0.999. The number of aromatic hydroxyl groups is 1. The van der Waals surface area contributed by atoms with Crippen molar-refractivity contribution in [2.45, 2.75) is 25.0 Å². The summed E-state index contributed by atoms with van der Waals surface area (Å²) < 4.78 is 13.9. The Hall–Kier alpha value is -4.25. The number of pyridine rings is 1. The largest absolute Gasteiger partial charge is 0.507 e. The van der Waals surface area contributed by atoms with E-state index in [0.29, 0.717) is 32.9 Å². The molecule has 3 N–H and O–H groups in total. The Morgan fingerprint density at radius 2 is 1.86 bits per heavy atom. The van der Waals surface area contributed by atoms with Gasteiger partial charge in [-0.15, -0.1) is 0 Å². The van der Waals surface area contributed by atoms with Gasteiger partial charge in [0.2, 0.25) is 11.8 Å². The smallest absolute Gasteiger partial charge is 0.256 e. The zero-order valence-corrected chi connectivity index (χ0v) is 25.3. The molecule has 3 aromatic carbocycles. The number of likely N-dealkylation sites (N-methyl/N-ethyl adjacent to an activating group) is 1. The number of halogens is 3. The Kier molecular flexibility index (Phi) is 9.63. The number of carbonyl (C=O) groups excluding carboxylic acids is 3. The van der Waals surface area contributed by atoms with Gasteiger partial charge in [0.15, 0.2) is 0 Å². The van der Waals surface area contributed by atoms with Gasteiger partial charge in [-0.2, -0.15) is 0 Å². The van der Waals surface area contributed by atoms with Crippen molar-refractivity contribution in [1.29, 1.82) is 0 Å². The second kappa shape index (κ2) is 13.6. The van der Waals surface area contributed by atoms with Gasteiger partial charge in [0, 0.05) is 72.9 Å². The second-order valence-corrected chi connectivity index (χ2v) is 11.4. The lowest BCUT2D eigenvalue weighted by Crippen LogP contribution is -2.61. The molecule has 3 amide bonds. The van der Waals surface area contributed by atoms with Gasteiger partial charge >= 0.3 is 0 Å². The highest BCUT2D eigenvalue weighted by Crippen LogP contribution is 2.29. The monoisotopic (exact) mass is 637 g/mol. The molecule has 1 aliphatic heterocycles. The molecular weight excluding hydrogens is 608 g/mol. The lowest BCUT2D eigenvalue weighted by molar-refractivity contribution is -0.133. The number of benzene rings is 3. The third-order valence-corrected chi connectivity index (χ3v) is 8.26. The van der Waals surface area contributed by atoms with E-state index in [-0.39, 0.29) is 37.4 Å². The third-order valence-electron chi connectivity index (χ3n) is 7.67. The molecule has 44 heavy (non-hydrogen) atoms. The maximum absolute atomic E-state index is 13.9. The van der Waals surface area contributed by atoms with Gasteiger partial charge in [-0.05, 0) is 41.5 Å². The molecule has 0 saturated carbocycles. The third kappa shape index (κ3) is 6.93. The number of phenolic OH excluding ortho intramolecular Hbond substituents is 1. The topological polar surface area (TPSA) is 115 Å². The first-order valence-corrected chi connectivity index (χ1v) is 14.7. The van der Waals surface area contributed by atoms with Gasteiger partial charge in [0.1, 0.15) is 23.7 Å². The van der Waals surface area contributed by atoms with Crippen LogP contribution in [0.15, 0.2) is 73.1 Å². The molecule has 228 valence electrons. The molecule has 1 unspecified atom stereocenters. The lowest BCUT2D eigenvalue weighted by atomic mass is 10.0. The SMILES string of the molecule is CNC(=O)[C@@H](Cc1cccc(F)c1)NC(=O)C1CN(C(=O)c2cncc3cccc(O)c23)CCN1Cc1ccc(Cl)cc1Cl. The number of amides is 3. The van der Waals surface area contributed by atoms with Crippen LogP contribution in [0.25, 0.3) is 10.8 Å². The van der Waals surface area contributed by atoms with E-state index in [2.05, 4.69) is 15.6 Å². The number of carbonyl (C=O) groups is 3. The maximum Gasteiger partial charge on any atom is 0.256 e. The van der Waals surface area contributed by atoms with Crippen LogP contribution < -0.4 is 10.6 Å². The van der Waals surface area contributed by atoms with Crippen LogP contribution in [0.1, 0.15) is 21.5 Å². The van der Waals surface area contributed by atoms with E-state index in [1.165, 1.54) is 42.4 Å². The van der Waals surface area contributed by atoms with Crippen LogP contribution in [-0.2, 0) is 22.6 Å². The van der Waals surface area contributed by atoms with E-state index < -0.39 is 35.6 Å². The highest BCUT2D eigenvalue weighted by Gasteiger charge is 2.37. The van der Waals surface area contributed by atoms with Gasteiger partial charge in [0.25, 0.3) is 5.91 Å². The van der Waals surface area contributed by atoms with Crippen molar-refractivity contribution >= 4 is 51.7 Å². The van der Waals surface area contributed by atoms with Crippen molar-refractivity contribution in [3.05, 3.63) is 106 Å². The second-order valence-electron chi connectivity index (χ2n) is 10.5. The van der Waals surface area contributed by atoms with Crippen molar-refractivity contribution in [2.75, 3.05) is 26.7 Å². The number of nitrogens with one attached hydrogen (secondary N) is 2. The Bertz CT molecular complexity index is 1720. The summed E-state index contributed by atoms with van der Waals surface area (Å²) in [5.41, 5.74) is 1.48. The van der Waals surface area contributed by atoms with Crippen LogP contribution in [0, 0.1) is 5.82 Å². The Balaban J connectivity index is 1.44. The average molecular weight is 639 g/mol. The fraction of sp³-hybridized carbons (Fsp3) is 0.250. The van der Waals surface area contributed by atoms with E-state index >= 15 is 0 Å². The average Bonchev–Trinajstić information content (AvgIpc) is 3.01. The number of piperazine rings is 1. The van der Waals surface area contributed by atoms with Crippen molar-refractivity contribution < 1.29 is 23.9 Å². The van der Waals surface area contributed by atoms with Crippen molar-refractivity contribution in [3.63, 3.8) is 0 Å². The first-order valence-electron chi connectivity index (χ1n) is 13.9. The molecule has 9 nitrogen and oxygen atoms in total. The van der Waals surface area contributed by atoms with E-state index in [1.54, 1.807) is 42.6 Å². The highest BCUT2D eigenvalue weighted by molar-refractivity contribution is 6.35. The molecule has 2 heterocycles. The summed E-state index contributed by atoms with van der Waals surface area (Å²) in [5, 5.41) is 17.8. The molecule has 2 atom stereocenters. The predicted octanol–water partition coefficient (Wildman–Crippen LogP) is 4.19. The van der Waals surface area contributed by atoms with Gasteiger partial charge in [-0.3, -0.25) is 24.3 Å². The fourth-order valence-corrected chi connectivity index (χ4v) is 5.88. The molecule has 5 rings (SSSR count). The predicted molar refractivity (Wildman–Crippen MR) is 166 cm³/mol. The zero-order valence-electron chi connectivity index (χ0n) is 23.8. The summed E-state index contributed by atoms with van der Waals surface area (Å²) in [7, 11) is 1.45. The molecule has 0 aliphatic carbocycles. The molecule has 0 radical (unpaired) electrons. The first kappa shape index (κ1) is 31.2. The lowest BCUT2D eigenvalue weighted by Gasteiger charge is -2.41. The van der Waals surface area contributed by atoms with Gasteiger partial charge in [0.05, 0.1) is 5.56 Å². The van der Waals surface area contributed by atoms with Crippen LogP contribution in [-0.4, -0.2) is 76.4 Å². The maximum atomic E-state index is 13.9. The molecule has 1 aliphatic rings. The Labute approximate surface area is 263 Å². The van der Waals surface area contributed by atoms with E-state index in [1.807, 2.05) is 4.90 Å². The number of hydrogen-bond acceptors (Lipinski definition) is 6. The summed E-state index contributed by atoms with van der Waals surface area (Å²) >= 11 is 12.6. The van der Waals surface area contributed by atoms with E-state index in [9.17, 15) is 23.9 Å². The van der Waals surface area contributed by atoms with Gasteiger partial charge in [-0.25, -0.2) is 4.39 Å². The number of nitrogens with zero attached hydrogens (tertiary/aromatic N) is 3. The summed E-state index contributed by atoms with van der Waals surface area (Å²) in [4.78, 5) is 48.2. The zero-order chi connectivity index (χ0) is 31.4. The van der Waals surface area contributed by atoms with Crippen LogP contribution in [0.3, 0.4) is 0 Å². The fourth-order valence-electron chi connectivity index (χ4n) is 5.41. The summed E-state index contributed by atoms with van der Waals surface area (Å²) in [6.45, 7) is 0.850. The summed E-state index contributed by atoms with van der Waals surface area (Å²) in [6.07, 6.45) is 3.02. The van der Waals surface area contributed by atoms with Crippen molar-refractivity contribution in [3.8, 4) is 5.75 Å². The molecule has 0 bridgehead atoms. The number of fused-ring (bicyclic) bond motifs is 1. The van der Waals surface area contributed by atoms with Gasteiger partial charge < -0.3 is 20.6 Å². The van der Waals surface area contributed by atoms with Crippen LogP contribution >= 0.6 is 23.2 Å². The molecule has 1 saturated heterocycles. The minimum absolute atomic E-state index is 0.0136. The molecule has 1 fully saturated rings. The van der Waals surface area contributed by atoms with Gasteiger partial charge in [-0.1, -0.05) is 53.5 Å². The molecule has 0 spiro atoms. The summed E-state index contributed by atoms with van der Waals surface area (Å²) in [6, 6.07) is 14.0. The van der Waals surface area contributed by atoms with Crippen LogP contribution in [0.2, 0.25) is 10.0 Å². The van der Waals surface area contributed by atoms with E-state index in [4.69, 9.17) is 23.2 Å². The van der Waals surface area contributed by atoms with Crippen LogP contribution in [0.5, 0.6) is 5.75 Å². The minimum Gasteiger partial charge on any atom is -0.507 e. The number of phenols is 1. The van der Waals surface area contributed by atoms with Crippen molar-refractivity contribution in [1.82, 2.24) is 25.4 Å². The first-order chi connectivity index (χ1) is 21.1. The Morgan fingerprint density at radius 1 is 1.07 bits per heavy atom. The van der Waals surface area contributed by atoms with Crippen LogP contribution in [0.4, 0.5) is 4.39 Å². The summed E-state index contributed by atoms with van der Waals surface area (Å²) in [5.74, 6) is -1.84. The number of aromatic nitrogens is 1. The standard InChI is InChI=1S/C32H30Cl2FN5O4/c1-36-30(42)26(13-19-4-2-6-23(35)12-19)38-31(43)27-18-40(11-10-39(27)17-21-8-9-22(33)14-25(21)34)32(44)24-16-37-15-20-5-3-7-28(41)29(20)24/h2-9,12,14-16,26-27,41H,10-11,13,17-18H2,1H3,(H,36,42)(H,38,43)/t26-,27?/m1/s1. The Morgan fingerprint density at radius 3 is 2.61 bits per heavy atom. The normalized spacial score (nSPS) is 16.0. The molecule has 1 aromatic heterocycles. The molecule has 4 aromatic rings. The molecular formula is C32H30Cl2FN5O4. The van der Waals surface area contributed by atoms with Crippen molar-refractivity contribution in [2.24, 2.45) is 0 Å².